The van der Waals surface area contributed by atoms with E-state index in [9.17, 15) is 13.2 Å². The molecule has 0 radical (unpaired) electrons. The van der Waals surface area contributed by atoms with Crippen LogP contribution < -0.4 is 10.5 Å². The number of benzene rings is 1. The molecule has 0 aliphatic heterocycles. The fourth-order valence-corrected chi connectivity index (χ4v) is 2.71. The Morgan fingerprint density at radius 3 is 2.40 bits per heavy atom. The van der Waals surface area contributed by atoms with Crippen LogP contribution in [0.2, 0.25) is 0 Å². The van der Waals surface area contributed by atoms with Gasteiger partial charge in [-0.2, -0.15) is 13.2 Å². The van der Waals surface area contributed by atoms with Gasteiger partial charge in [0.25, 0.3) is 0 Å². The van der Waals surface area contributed by atoms with Crippen LogP contribution >= 0.6 is 11.8 Å². The maximum atomic E-state index is 12.6. The fourth-order valence-electron chi connectivity index (χ4n) is 1.94. The number of anilines is 1. The Morgan fingerprint density at radius 2 is 1.76 bits per heavy atom. The van der Waals surface area contributed by atoms with Gasteiger partial charge in [-0.15, -0.1) is 0 Å². The van der Waals surface area contributed by atoms with Crippen molar-refractivity contribution >= 4 is 17.6 Å². The normalized spacial score (nSPS) is 11.3. The average Bonchev–Trinajstić information content (AvgIpc) is 2.58. The number of nitrogens with zero attached hydrogens (tertiary/aromatic N) is 2. The molecule has 0 unspecified atom stereocenters. The molecular formula is C17H12F3N3OS. The second-order valence-corrected chi connectivity index (χ2v) is 6.04. The van der Waals surface area contributed by atoms with Crippen LogP contribution in [0.1, 0.15) is 5.56 Å². The summed E-state index contributed by atoms with van der Waals surface area (Å²) in [6.07, 6.45) is -1.14. The number of pyridine rings is 2. The third kappa shape index (κ3) is 4.42. The lowest BCUT2D eigenvalue weighted by atomic mass is 10.2. The number of nitrogens with two attached hydrogens (primary N) is 1. The third-order valence-electron chi connectivity index (χ3n) is 3.13. The minimum absolute atomic E-state index is 0.144. The number of rotatable bonds is 4. The zero-order chi connectivity index (χ0) is 17.9. The molecule has 2 N–H and O–H groups in total. The summed E-state index contributed by atoms with van der Waals surface area (Å²) in [5.74, 6) is 0.646. The predicted octanol–water partition coefficient (Wildman–Crippen LogP) is 5.02. The molecule has 8 heteroatoms. The first-order valence-corrected chi connectivity index (χ1v) is 7.93. The zero-order valence-corrected chi connectivity index (χ0v) is 13.5. The van der Waals surface area contributed by atoms with Gasteiger partial charge >= 0.3 is 6.18 Å². The highest BCUT2D eigenvalue weighted by Crippen LogP contribution is 2.34. The van der Waals surface area contributed by atoms with Crippen LogP contribution in [0.25, 0.3) is 0 Å². The molecule has 0 saturated heterocycles. The van der Waals surface area contributed by atoms with E-state index in [0.717, 1.165) is 22.1 Å². The topological polar surface area (TPSA) is 61.0 Å². The number of ether oxygens (including phenoxy) is 1. The molecule has 2 heterocycles. The monoisotopic (exact) mass is 363 g/mol. The van der Waals surface area contributed by atoms with Gasteiger partial charge in [-0.05, 0) is 36.4 Å². The minimum Gasteiger partial charge on any atom is -0.453 e. The van der Waals surface area contributed by atoms with E-state index in [1.165, 1.54) is 23.9 Å². The summed E-state index contributed by atoms with van der Waals surface area (Å²) in [6.45, 7) is 0. The van der Waals surface area contributed by atoms with Crippen LogP contribution in [-0.2, 0) is 6.18 Å². The lowest BCUT2D eigenvalue weighted by Gasteiger charge is -2.11. The molecule has 128 valence electrons. The highest BCUT2D eigenvalue weighted by Gasteiger charge is 2.30. The number of alkyl halides is 3. The summed E-state index contributed by atoms with van der Waals surface area (Å²) < 4.78 is 43.3. The van der Waals surface area contributed by atoms with Gasteiger partial charge in [-0.3, -0.25) is 0 Å². The third-order valence-corrected chi connectivity index (χ3v) is 4.04. The molecule has 0 fully saturated rings. The SMILES string of the molecule is Nc1ncc(Sc2ccccn2)cc1Oc1ccc(C(F)(F)F)cc1. The molecule has 3 rings (SSSR count). The molecule has 4 nitrogen and oxygen atoms in total. The summed E-state index contributed by atoms with van der Waals surface area (Å²) in [5.41, 5.74) is 5.04. The standard InChI is InChI=1S/C17H12F3N3OS/c18-17(19,20)11-4-6-12(7-5-11)24-14-9-13(10-23-16(14)21)25-15-3-1-2-8-22-15/h1-10H,(H2,21,23). The lowest BCUT2D eigenvalue weighted by molar-refractivity contribution is -0.137. The van der Waals surface area contributed by atoms with Crippen molar-refractivity contribution < 1.29 is 17.9 Å². The molecular weight excluding hydrogens is 351 g/mol. The maximum absolute atomic E-state index is 12.6. The molecule has 0 spiro atoms. The van der Waals surface area contributed by atoms with Crippen LogP contribution in [0.3, 0.4) is 0 Å². The van der Waals surface area contributed by atoms with Gasteiger partial charge < -0.3 is 10.5 Å². The van der Waals surface area contributed by atoms with E-state index in [2.05, 4.69) is 9.97 Å². The van der Waals surface area contributed by atoms with E-state index in [-0.39, 0.29) is 17.3 Å². The van der Waals surface area contributed by atoms with Crippen molar-refractivity contribution in [1.29, 1.82) is 0 Å². The second kappa shape index (κ2) is 7.02. The fraction of sp³-hybridized carbons (Fsp3) is 0.0588. The Labute approximate surface area is 145 Å². The highest BCUT2D eigenvalue weighted by molar-refractivity contribution is 7.99. The number of hydrogen-bond donors (Lipinski definition) is 1. The molecule has 0 saturated carbocycles. The molecule has 0 bridgehead atoms. The number of halogens is 3. The van der Waals surface area contributed by atoms with Gasteiger partial charge in [0, 0.05) is 23.4 Å². The average molecular weight is 363 g/mol. The van der Waals surface area contributed by atoms with E-state index in [1.54, 1.807) is 18.5 Å². The Morgan fingerprint density at radius 1 is 1.00 bits per heavy atom. The van der Waals surface area contributed by atoms with E-state index in [1.807, 2.05) is 18.2 Å². The molecule has 2 aromatic heterocycles. The number of hydrogen-bond acceptors (Lipinski definition) is 5. The van der Waals surface area contributed by atoms with Gasteiger partial charge in [0.15, 0.2) is 11.6 Å². The Bertz CT molecular complexity index is 855. The van der Waals surface area contributed by atoms with Crippen LogP contribution in [-0.4, -0.2) is 9.97 Å². The molecule has 25 heavy (non-hydrogen) atoms. The first kappa shape index (κ1) is 17.1. The lowest BCUT2D eigenvalue weighted by Crippen LogP contribution is -2.04. The van der Waals surface area contributed by atoms with Crippen molar-refractivity contribution in [1.82, 2.24) is 9.97 Å². The van der Waals surface area contributed by atoms with Crippen molar-refractivity contribution in [2.75, 3.05) is 5.73 Å². The molecule has 0 aliphatic carbocycles. The van der Waals surface area contributed by atoms with Gasteiger partial charge in [-0.25, -0.2) is 9.97 Å². The summed E-state index contributed by atoms with van der Waals surface area (Å²) in [4.78, 5) is 9.00. The summed E-state index contributed by atoms with van der Waals surface area (Å²) in [5, 5.41) is 0.773. The van der Waals surface area contributed by atoms with Crippen molar-refractivity contribution in [2.45, 2.75) is 16.1 Å². The van der Waals surface area contributed by atoms with Gasteiger partial charge in [0.1, 0.15) is 10.8 Å². The summed E-state index contributed by atoms with van der Waals surface area (Å²) in [7, 11) is 0. The first-order chi connectivity index (χ1) is 11.9. The number of nitrogen functional groups attached to an aromatic ring is 1. The van der Waals surface area contributed by atoms with Crippen LogP contribution in [0.5, 0.6) is 11.5 Å². The van der Waals surface area contributed by atoms with Crippen LogP contribution in [0.4, 0.5) is 19.0 Å². The van der Waals surface area contributed by atoms with Crippen LogP contribution in [0.15, 0.2) is 70.8 Å². The summed E-state index contributed by atoms with van der Waals surface area (Å²) >= 11 is 1.37. The molecule has 1 aromatic carbocycles. The van der Waals surface area contributed by atoms with E-state index < -0.39 is 11.7 Å². The Kier molecular flexibility index (Phi) is 4.80. The summed E-state index contributed by atoms with van der Waals surface area (Å²) in [6, 6.07) is 11.6. The highest BCUT2D eigenvalue weighted by atomic mass is 32.2. The van der Waals surface area contributed by atoms with E-state index in [0.29, 0.717) is 0 Å². The zero-order valence-electron chi connectivity index (χ0n) is 12.7. The molecule has 0 aliphatic rings. The smallest absolute Gasteiger partial charge is 0.416 e. The minimum atomic E-state index is -4.39. The Balaban J connectivity index is 1.79. The first-order valence-electron chi connectivity index (χ1n) is 7.11. The van der Waals surface area contributed by atoms with Gasteiger partial charge in [-0.1, -0.05) is 17.8 Å². The largest absolute Gasteiger partial charge is 0.453 e. The van der Waals surface area contributed by atoms with Crippen molar-refractivity contribution in [3.63, 3.8) is 0 Å². The second-order valence-electron chi connectivity index (χ2n) is 4.95. The predicted molar refractivity (Wildman–Crippen MR) is 88.5 cm³/mol. The molecule has 3 aromatic rings. The molecule has 0 atom stereocenters. The number of aromatic nitrogens is 2. The van der Waals surface area contributed by atoms with Crippen molar-refractivity contribution in [2.24, 2.45) is 0 Å². The van der Waals surface area contributed by atoms with E-state index in [4.69, 9.17) is 10.5 Å². The van der Waals surface area contributed by atoms with Crippen molar-refractivity contribution in [3.8, 4) is 11.5 Å². The van der Waals surface area contributed by atoms with Gasteiger partial charge in [0.2, 0.25) is 0 Å². The van der Waals surface area contributed by atoms with E-state index >= 15 is 0 Å². The Hall–Kier alpha value is -2.74. The van der Waals surface area contributed by atoms with Crippen LogP contribution in [0, 0.1) is 0 Å². The molecule has 0 amide bonds. The quantitative estimate of drug-likeness (QED) is 0.705. The van der Waals surface area contributed by atoms with Gasteiger partial charge in [0.05, 0.1) is 5.56 Å². The maximum Gasteiger partial charge on any atom is 0.416 e. The van der Waals surface area contributed by atoms with Crippen molar-refractivity contribution in [3.05, 3.63) is 66.5 Å².